The van der Waals surface area contributed by atoms with Crippen molar-refractivity contribution in [2.45, 2.75) is 26.9 Å². The number of anilines is 1. The summed E-state index contributed by atoms with van der Waals surface area (Å²) in [6, 6.07) is 5.77. The molecular formula is C19H27N3O3. The molecule has 1 aromatic rings. The Kier molecular flexibility index (Phi) is 4.99. The number of likely N-dealkylation sites (N-methyl/N-ethyl adjacent to an activating group) is 1. The highest BCUT2D eigenvalue weighted by molar-refractivity contribution is 6.04. The molecule has 6 nitrogen and oxygen atoms in total. The molecule has 1 saturated heterocycles. The van der Waals surface area contributed by atoms with Crippen LogP contribution < -0.4 is 9.64 Å². The number of carbonyl (C=O) groups is 2. The minimum absolute atomic E-state index is 0.00156. The molecular weight excluding hydrogens is 318 g/mol. The normalized spacial score (nSPS) is 21.3. The molecule has 0 bridgehead atoms. The summed E-state index contributed by atoms with van der Waals surface area (Å²) in [4.78, 5) is 31.4. The summed E-state index contributed by atoms with van der Waals surface area (Å²) in [6.07, 6.45) is -0.546. The number of nitrogens with zero attached hydrogens (tertiary/aromatic N) is 3. The summed E-state index contributed by atoms with van der Waals surface area (Å²) in [5.74, 6) is 0.590. The van der Waals surface area contributed by atoms with Crippen molar-refractivity contribution in [3.63, 3.8) is 0 Å². The van der Waals surface area contributed by atoms with Crippen molar-refractivity contribution in [3.8, 4) is 5.75 Å². The lowest BCUT2D eigenvalue weighted by atomic mass is 10.0. The van der Waals surface area contributed by atoms with Crippen LogP contribution in [-0.4, -0.2) is 67.5 Å². The van der Waals surface area contributed by atoms with E-state index in [-0.39, 0.29) is 24.3 Å². The summed E-state index contributed by atoms with van der Waals surface area (Å²) < 4.78 is 5.91. The predicted molar refractivity (Wildman–Crippen MR) is 96.9 cm³/mol. The van der Waals surface area contributed by atoms with Crippen LogP contribution in [0.2, 0.25) is 0 Å². The molecule has 136 valence electrons. The Labute approximate surface area is 149 Å². The highest BCUT2D eigenvalue weighted by Crippen LogP contribution is 2.36. The van der Waals surface area contributed by atoms with E-state index in [2.05, 4.69) is 11.9 Å². The van der Waals surface area contributed by atoms with Crippen LogP contribution in [0.25, 0.3) is 0 Å². The lowest BCUT2D eigenvalue weighted by Gasteiger charge is -2.38. The molecule has 0 aliphatic carbocycles. The zero-order valence-electron chi connectivity index (χ0n) is 15.5. The molecule has 2 heterocycles. The molecule has 1 fully saturated rings. The third-order valence-corrected chi connectivity index (χ3v) is 4.92. The van der Waals surface area contributed by atoms with Gasteiger partial charge in [-0.05, 0) is 37.6 Å². The summed E-state index contributed by atoms with van der Waals surface area (Å²) >= 11 is 0. The number of rotatable bonds is 3. The topological polar surface area (TPSA) is 53.1 Å². The van der Waals surface area contributed by atoms with Gasteiger partial charge in [-0.3, -0.25) is 14.5 Å². The first kappa shape index (κ1) is 17.7. The fraction of sp³-hybridized carbons (Fsp3) is 0.579. The quantitative estimate of drug-likeness (QED) is 0.833. The zero-order valence-corrected chi connectivity index (χ0v) is 15.5. The van der Waals surface area contributed by atoms with Gasteiger partial charge < -0.3 is 14.5 Å². The molecule has 6 heteroatoms. The van der Waals surface area contributed by atoms with Crippen LogP contribution in [0.4, 0.5) is 5.69 Å². The average molecular weight is 345 g/mol. The maximum Gasteiger partial charge on any atom is 0.268 e. The van der Waals surface area contributed by atoms with Gasteiger partial charge in [-0.25, -0.2) is 0 Å². The summed E-state index contributed by atoms with van der Waals surface area (Å²) in [7, 11) is 2.06. The van der Waals surface area contributed by atoms with E-state index >= 15 is 0 Å². The lowest BCUT2D eigenvalue weighted by Crippen LogP contribution is -2.54. The van der Waals surface area contributed by atoms with Gasteiger partial charge in [-0.2, -0.15) is 0 Å². The van der Waals surface area contributed by atoms with E-state index in [0.29, 0.717) is 24.5 Å². The molecule has 0 spiro atoms. The largest absolute Gasteiger partial charge is 0.478 e. The minimum atomic E-state index is -0.546. The van der Waals surface area contributed by atoms with E-state index in [1.54, 1.807) is 4.90 Å². The highest BCUT2D eigenvalue weighted by Gasteiger charge is 2.38. The fourth-order valence-electron chi connectivity index (χ4n) is 3.27. The molecule has 0 N–H and O–H groups in total. The molecule has 2 amide bonds. The molecule has 3 rings (SSSR count). The second kappa shape index (κ2) is 7.04. The number of ether oxygens (including phenoxy) is 1. The van der Waals surface area contributed by atoms with E-state index in [4.69, 9.17) is 4.74 Å². The Morgan fingerprint density at radius 1 is 1.24 bits per heavy atom. The van der Waals surface area contributed by atoms with Gasteiger partial charge in [0.15, 0.2) is 6.10 Å². The first-order valence-corrected chi connectivity index (χ1v) is 8.92. The van der Waals surface area contributed by atoms with E-state index in [9.17, 15) is 9.59 Å². The molecule has 1 aromatic carbocycles. The maximum absolute atomic E-state index is 12.9. The number of piperazine rings is 1. The summed E-state index contributed by atoms with van der Waals surface area (Å²) in [5.41, 5.74) is 1.74. The molecule has 0 aromatic heterocycles. The first-order valence-electron chi connectivity index (χ1n) is 8.92. The van der Waals surface area contributed by atoms with E-state index in [1.165, 1.54) is 0 Å². The van der Waals surface area contributed by atoms with Crippen molar-refractivity contribution in [3.05, 3.63) is 23.8 Å². The smallest absolute Gasteiger partial charge is 0.268 e. The first-order chi connectivity index (χ1) is 11.9. The Morgan fingerprint density at radius 3 is 2.56 bits per heavy atom. The molecule has 25 heavy (non-hydrogen) atoms. The van der Waals surface area contributed by atoms with Gasteiger partial charge in [0, 0.05) is 26.2 Å². The van der Waals surface area contributed by atoms with Crippen molar-refractivity contribution in [2.75, 3.05) is 44.7 Å². The number of aryl methyl sites for hydroxylation is 1. The molecule has 1 atom stereocenters. The molecule has 0 saturated carbocycles. The second-order valence-electron chi connectivity index (χ2n) is 7.36. The van der Waals surface area contributed by atoms with Gasteiger partial charge in [-0.1, -0.05) is 19.9 Å². The fourth-order valence-corrected chi connectivity index (χ4v) is 3.27. The van der Waals surface area contributed by atoms with Crippen LogP contribution in [0.5, 0.6) is 5.75 Å². The number of hydrogen-bond donors (Lipinski definition) is 0. The number of amides is 2. The van der Waals surface area contributed by atoms with Crippen LogP contribution in [0.1, 0.15) is 19.4 Å². The highest BCUT2D eigenvalue weighted by atomic mass is 16.5. The van der Waals surface area contributed by atoms with Gasteiger partial charge in [-0.15, -0.1) is 0 Å². The van der Waals surface area contributed by atoms with E-state index in [1.807, 2.05) is 43.9 Å². The van der Waals surface area contributed by atoms with Gasteiger partial charge in [0.05, 0.1) is 5.69 Å². The standard InChI is InChI=1S/C19H27N3O3/c1-13(2)18-19(24)22(15-11-14(3)5-6-16(15)25-18)12-17(23)21-9-7-20(4)8-10-21/h5-6,11,13,18H,7-10,12H2,1-4H3. The number of fused-ring (bicyclic) bond motifs is 1. The number of carbonyl (C=O) groups excluding carboxylic acids is 2. The van der Waals surface area contributed by atoms with Crippen LogP contribution in [-0.2, 0) is 9.59 Å². The Bertz CT molecular complexity index is 666. The molecule has 2 aliphatic rings. The molecule has 1 unspecified atom stereocenters. The number of benzene rings is 1. The second-order valence-corrected chi connectivity index (χ2v) is 7.36. The summed E-state index contributed by atoms with van der Waals surface area (Å²) in [6.45, 7) is 9.13. The van der Waals surface area contributed by atoms with Crippen molar-refractivity contribution in [1.82, 2.24) is 9.80 Å². The zero-order chi connectivity index (χ0) is 18.1. The monoisotopic (exact) mass is 345 g/mol. The van der Waals surface area contributed by atoms with Crippen molar-refractivity contribution < 1.29 is 14.3 Å². The SMILES string of the molecule is Cc1ccc2c(c1)N(CC(=O)N1CCN(C)CC1)C(=O)C(C(C)C)O2. The van der Waals surface area contributed by atoms with E-state index in [0.717, 1.165) is 18.7 Å². The van der Waals surface area contributed by atoms with Crippen molar-refractivity contribution in [2.24, 2.45) is 5.92 Å². The Balaban J connectivity index is 1.84. The van der Waals surface area contributed by atoms with E-state index < -0.39 is 6.10 Å². The van der Waals surface area contributed by atoms with Crippen molar-refractivity contribution in [1.29, 1.82) is 0 Å². The lowest BCUT2D eigenvalue weighted by molar-refractivity contribution is -0.135. The van der Waals surface area contributed by atoms with Gasteiger partial charge >= 0.3 is 0 Å². The average Bonchev–Trinajstić information content (AvgIpc) is 2.57. The van der Waals surface area contributed by atoms with Crippen LogP contribution in [0, 0.1) is 12.8 Å². The third-order valence-electron chi connectivity index (χ3n) is 4.92. The third kappa shape index (κ3) is 3.63. The Morgan fingerprint density at radius 2 is 1.92 bits per heavy atom. The molecule has 2 aliphatic heterocycles. The van der Waals surface area contributed by atoms with Crippen LogP contribution in [0.15, 0.2) is 18.2 Å². The maximum atomic E-state index is 12.9. The Hall–Kier alpha value is -2.08. The van der Waals surface area contributed by atoms with Crippen LogP contribution >= 0.6 is 0 Å². The van der Waals surface area contributed by atoms with Gasteiger partial charge in [0.25, 0.3) is 5.91 Å². The number of hydrogen-bond acceptors (Lipinski definition) is 4. The molecule has 0 radical (unpaired) electrons. The van der Waals surface area contributed by atoms with Crippen molar-refractivity contribution >= 4 is 17.5 Å². The predicted octanol–water partition coefficient (Wildman–Crippen LogP) is 1.52. The van der Waals surface area contributed by atoms with Crippen LogP contribution in [0.3, 0.4) is 0 Å². The summed E-state index contributed by atoms with van der Waals surface area (Å²) in [5, 5.41) is 0. The minimum Gasteiger partial charge on any atom is -0.478 e. The van der Waals surface area contributed by atoms with Gasteiger partial charge in [0.2, 0.25) is 5.91 Å². The van der Waals surface area contributed by atoms with Gasteiger partial charge in [0.1, 0.15) is 12.3 Å².